The molecule has 0 aromatic heterocycles. The lowest BCUT2D eigenvalue weighted by molar-refractivity contribution is -0.117. The first-order chi connectivity index (χ1) is 11.4. The second kappa shape index (κ2) is 6.60. The van der Waals surface area contributed by atoms with E-state index in [1.165, 1.54) is 24.3 Å². The molecule has 2 aromatic carbocycles. The molecule has 0 aliphatic carbocycles. The molecule has 1 aliphatic rings. The second-order valence-electron chi connectivity index (χ2n) is 5.68. The fourth-order valence-electron chi connectivity index (χ4n) is 2.65. The lowest BCUT2D eigenvalue weighted by atomic mass is 10.2. The molecule has 0 atom stereocenters. The van der Waals surface area contributed by atoms with Crippen LogP contribution in [0.15, 0.2) is 48.5 Å². The zero-order valence-corrected chi connectivity index (χ0v) is 13.7. The van der Waals surface area contributed by atoms with Gasteiger partial charge in [0.25, 0.3) is 0 Å². The highest BCUT2D eigenvalue weighted by Gasteiger charge is 2.21. The molecular weight excluding hydrogens is 331 g/mol. The summed E-state index contributed by atoms with van der Waals surface area (Å²) in [6.45, 7) is 0.689. The summed E-state index contributed by atoms with van der Waals surface area (Å²) in [4.78, 5) is 13.4. The number of amides is 1. The van der Waals surface area contributed by atoms with E-state index in [2.05, 4.69) is 4.72 Å². The number of nitrogens with one attached hydrogen (secondary N) is 1. The van der Waals surface area contributed by atoms with Crippen LogP contribution in [0.1, 0.15) is 18.4 Å². The lowest BCUT2D eigenvalue weighted by Crippen LogP contribution is -2.23. The van der Waals surface area contributed by atoms with Crippen LogP contribution < -0.4 is 9.62 Å². The maximum atomic E-state index is 12.9. The predicted octanol–water partition coefficient (Wildman–Crippen LogP) is 2.89. The van der Waals surface area contributed by atoms with Crippen molar-refractivity contribution in [2.45, 2.75) is 18.6 Å². The summed E-state index contributed by atoms with van der Waals surface area (Å²) in [6.07, 6.45) is 1.39. The summed E-state index contributed by atoms with van der Waals surface area (Å²) in [5.41, 5.74) is 1.69. The van der Waals surface area contributed by atoms with Gasteiger partial charge in [-0.1, -0.05) is 12.1 Å². The van der Waals surface area contributed by atoms with Crippen molar-refractivity contribution >= 4 is 27.3 Å². The van der Waals surface area contributed by atoms with Crippen LogP contribution in [0.2, 0.25) is 0 Å². The molecule has 1 aliphatic heterocycles. The number of sulfonamides is 1. The van der Waals surface area contributed by atoms with Crippen LogP contribution in [-0.4, -0.2) is 20.9 Å². The highest BCUT2D eigenvalue weighted by atomic mass is 32.2. The first-order valence-corrected chi connectivity index (χ1v) is 9.23. The average Bonchev–Trinajstić information content (AvgIpc) is 2.96. The number of nitrogens with zero attached hydrogens (tertiary/aromatic N) is 1. The van der Waals surface area contributed by atoms with Crippen molar-refractivity contribution in [2.24, 2.45) is 0 Å². The summed E-state index contributed by atoms with van der Waals surface area (Å²) >= 11 is 0. The molecule has 5 nitrogen and oxygen atoms in total. The van der Waals surface area contributed by atoms with Gasteiger partial charge in [0.1, 0.15) is 5.82 Å². The van der Waals surface area contributed by atoms with Gasteiger partial charge in [0.15, 0.2) is 0 Å². The fourth-order valence-corrected chi connectivity index (χ4v) is 3.84. The minimum absolute atomic E-state index is 0.0830. The Morgan fingerprint density at radius 1 is 1.04 bits per heavy atom. The molecule has 1 amide bonds. The summed E-state index contributed by atoms with van der Waals surface area (Å²) in [6, 6.07) is 12.0. The Morgan fingerprint density at radius 2 is 1.71 bits per heavy atom. The first-order valence-electron chi connectivity index (χ1n) is 7.58. The van der Waals surface area contributed by atoms with Gasteiger partial charge in [-0.25, -0.2) is 12.8 Å². The van der Waals surface area contributed by atoms with Crippen LogP contribution in [-0.2, 0) is 20.6 Å². The van der Waals surface area contributed by atoms with Crippen molar-refractivity contribution in [1.29, 1.82) is 0 Å². The van der Waals surface area contributed by atoms with Crippen molar-refractivity contribution in [2.75, 3.05) is 16.2 Å². The van der Waals surface area contributed by atoms with E-state index in [9.17, 15) is 17.6 Å². The second-order valence-corrected chi connectivity index (χ2v) is 7.41. The Bertz CT molecular complexity index is 833. The molecular formula is C17H17FN2O3S. The number of anilines is 2. The zero-order chi connectivity index (χ0) is 17.2. The Kier molecular flexibility index (Phi) is 4.53. The Balaban J connectivity index is 1.68. The van der Waals surface area contributed by atoms with Crippen molar-refractivity contribution in [3.05, 3.63) is 59.9 Å². The fraction of sp³-hybridized carbons (Fsp3) is 0.235. The highest BCUT2D eigenvalue weighted by Crippen LogP contribution is 2.23. The molecule has 1 fully saturated rings. The monoisotopic (exact) mass is 348 g/mol. The molecule has 24 heavy (non-hydrogen) atoms. The smallest absolute Gasteiger partial charge is 0.236 e. The van der Waals surface area contributed by atoms with E-state index in [0.29, 0.717) is 24.2 Å². The van der Waals surface area contributed by atoms with Gasteiger partial charge >= 0.3 is 0 Å². The zero-order valence-electron chi connectivity index (χ0n) is 12.9. The molecule has 0 bridgehead atoms. The van der Waals surface area contributed by atoms with Crippen molar-refractivity contribution in [3.63, 3.8) is 0 Å². The Hall–Kier alpha value is -2.41. The molecule has 0 radical (unpaired) electrons. The SMILES string of the molecule is O=C1CCCN1c1ccc(NS(=O)(=O)Cc2ccc(F)cc2)cc1. The molecule has 1 heterocycles. The molecule has 1 saturated heterocycles. The van der Waals surface area contributed by atoms with Crippen molar-refractivity contribution in [3.8, 4) is 0 Å². The van der Waals surface area contributed by atoms with Gasteiger partial charge in [-0.05, 0) is 48.4 Å². The molecule has 3 rings (SSSR count). The van der Waals surface area contributed by atoms with Gasteiger partial charge < -0.3 is 4.90 Å². The molecule has 126 valence electrons. The van der Waals surface area contributed by atoms with Gasteiger partial charge in [0.05, 0.1) is 5.75 Å². The molecule has 0 saturated carbocycles. The third-order valence-electron chi connectivity index (χ3n) is 3.80. The van der Waals surface area contributed by atoms with Gasteiger partial charge in [-0.3, -0.25) is 9.52 Å². The van der Waals surface area contributed by atoms with E-state index >= 15 is 0 Å². The van der Waals surface area contributed by atoms with Crippen molar-refractivity contribution < 1.29 is 17.6 Å². The number of rotatable bonds is 5. The van der Waals surface area contributed by atoms with Gasteiger partial charge in [-0.2, -0.15) is 0 Å². The number of halogens is 1. The number of hydrogen-bond donors (Lipinski definition) is 1. The third kappa shape index (κ3) is 3.91. The van der Waals surface area contributed by atoms with Crippen LogP contribution in [0, 0.1) is 5.82 Å². The molecule has 7 heteroatoms. The van der Waals surface area contributed by atoms with Crippen LogP contribution in [0.25, 0.3) is 0 Å². The normalized spacial score (nSPS) is 14.9. The van der Waals surface area contributed by atoms with E-state index in [1.54, 1.807) is 29.2 Å². The van der Waals surface area contributed by atoms with Gasteiger partial charge in [0, 0.05) is 24.3 Å². The minimum atomic E-state index is -3.60. The van der Waals surface area contributed by atoms with E-state index in [-0.39, 0.29) is 11.7 Å². The summed E-state index contributed by atoms with van der Waals surface area (Å²) in [5.74, 6) is -0.560. The predicted molar refractivity (Wildman–Crippen MR) is 90.7 cm³/mol. The number of carbonyl (C=O) groups excluding carboxylic acids is 1. The third-order valence-corrected chi connectivity index (χ3v) is 5.06. The quantitative estimate of drug-likeness (QED) is 0.903. The summed E-state index contributed by atoms with van der Waals surface area (Å²) in [7, 11) is -3.60. The van der Waals surface area contributed by atoms with E-state index in [4.69, 9.17) is 0 Å². The highest BCUT2D eigenvalue weighted by molar-refractivity contribution is 7.91. The first kappa shape index (κ1) is 16.4. The maximum absolute atomic E-state index is 12.9. The van der Waals surface area contributed by atoms with Crippen LogP contribution >= 0.6 is 0 Å². The molecule has 1 N–H and O–H groups in total. The standard InChI is InChI=1S/C17H17FN2O3S/c18-14-5-3-13(4-6-14)12-24(22,23)19-15-7-9-16(10-8-15)20-11-1-2-17(20)21/h3-10,19H,1-2,11-12H2. The number of hydrogen-bond acceptors (Lipinski definition) is 3. The van der Waals surface area contributed by atoms with Crippen LogP contribution in [0.5, 0.6) is 0 Å². The molecule has 0 unspecified atom stereocenters. The Labute approximate surface area is 140 Å². The minimum Gasteiger partial charge on any atom is -0.312 e. The maximum Gasteiger partial charge on any atom is 0.236 e. The van der Waals surface area contributed by atoms with Gasteiger partial charge in [-0.15, -0.1) is 0 Å². The van der Waals surface area contributed by atoms with Gasteiger partial charge in [0.2, 0.25) is 15.9 Å². The van der Waals surface area contributed by atoms with E-state index in [1.807, 2.05) is 0 Å². The largest absolute Gasteiger partial charge is 0.312 e. The molecule has 2 aromatic rings. The Morgan fingerprint density at radius 3 is 2.29 bits per heavy atom. The van der Waals surface area contributed by atoms with Crippen molar-refractivity contribution in [1.82, 2.24) is 0 Å². The number of carbonyl (C=O) groups is 1. The van der Waals surface area contributed by atoms with Crippen LogP contribution in [0.4, 0.5) is 15.8 Å². The van der Waals surface area contributed by atoms with E-state index < -0.39 is 15.8 Å². The summed E-state index contributed by atoms with van der Waals surface area (Å²) in [5, 5.41) is 0. The lowest BCUT2D eigenvalue weighted by Gasteiger charge is -2.16. The van der Waals surface area contributed by atoms with Crippen LogP contribution in [0.3, 0.4) is 0 Å². The number of benzene rings is 2. The average molecular weight is 348 g/mol. The van der Waals surface area contributed by atoms with E-state index in [0.717, 1.165) is 12.1 Å². The molecule has 0 spiro atoms. The summed E-state index contributed by atoms with van der Waals surface area (Å²) < 4.78 is 39.7. The topological polar surface area (TPSA) is 66.5 Å².